The molecule has 0 aliphatic carbocycles. The van der Waals surface area contributed by atoms with E-state index in [0.29, 0.717) is 0 Å². The van der Waals surface area contributed by atoms with Crippen molar-refractivity contribution in [2.45, 2.75) is 51.9 Å². The van der Waals surface area contributed by atoms with Crippen molar-refractivity contribution in [1.29, 1.82) is 0 Å². The zero-order valence-electron chi connectivity index (χ0n) is 11.2. The highest BCUT2D eigenvalue weighted by molar-refractivity contribution is 5.84. The molecule has 4 heteroatoms. The summed E-state index contributed by atoms with van der Waals surface area (Å²) in [6, 6.07) is 0.297. The Hall–Kier alpha value is -0.610. The molecule has 0 aromatic heterocycles. The number of hydrogen-bond donors (Lipinski definition) is 1. The van der Waals surface area contributed by atoms with Crippen LogP contribution in [0.25, 0.3) is 0 Å². The Kier molecular flexibility index (Phi) is 4.74. The summed E-state index contributed by atoms with van der Waals surface area (Å²) in [4.78, 5) is 16.3. The van der Waals surface area contributed by atoms with Crippen LogP contribution in [0.5, 0.6) is 0 Å². The molecule has 1 amide bonds. The van der Waals surface area contributed by atoms with E-state index >= 15 is 0 Å². The minimum Gasteiger partial charge on any atom is -0.322 e. The summed E-state index contributed by atoms with van der Waals surface area (Å²) < 4.78 is 0. The maximum atomic E-state index is 12.2. The number of carbonyl (C=O) groups excluding carboxylic acids is 1. The van der Waals surface area contributed by atoms with E-state index in [1.54, 1.807) is 0 Å². The van der Waals surface area contributed by atoms with Crippen molar-refractivity contribution in [3.8, 4) is 0 Å². The van der Waals surface area contributed by atoms with Crippen LogP contribution in [-0.4, -0.2) is 54.6 Å². The Bertz CT molecular complexity index is 242. The summed E-state index contributed by atoms with van der Waals surface area (Å²) >= 11 is 0. The molecule has 4 nitrogen and oxygen atoms in total. The maximum Gasteiger partial charge on any atom is 0.241 e. The average Bonchev–Trinajstić information content (AvgIpc) is 2.53. The summed E-state index contributed by atoms with van der Waals surface area (Å²) in [5.41, 5.74) is 0. The Labute approximate surface area is 99.0 Å². The van der Waals surface area contributed by atoms with Crippen molar-refractivity contribution in [3.63, 3.8) is 0 Å². The quantitative estimate of drug-likeness (QED) is 0.757. The van der Waals surface area contributed by atoms with Gasteiger partial charge in [-0.2, -0.15) is 0 Å². The van der Waals surface area contributed by atoms with E-state index < -0.39 is 0 Å². The van der Waals surface area contributed by atoms with Gasteiger partial charge in [-0.25, -0.2) is 0 Å². The monoisotopic (exact) mass is 227 g/mol. The zero-order chi connectivity index (χ0) is 12.3. The number of amides is 1. The van der Waals surface area contributed by atoms with Gasteiger partial charge in [-0.1, -0.05) is 13.8 Å². The summed E-state index contributed by atoms with van der Waals surface area (Å²) in [6.07, 6.45) is 2.06. The zero-order valence-corrected chi connectivity index (χ0v) is 11.2. The van der Waals surface area contributed by atoms with Gasteiger partial charge >= 0.3 is 0 Å². The van der Waals surface area contributed by atoms with Crippen LogP contribution in [0.1, 0.15) is 33.6 Å². The molecule has 1 rings (SSSR count). The highest BCUT2D eigenvalue weighted by Gasteiger charge is 2.39. The predicted octanol–water partition coefficient (Wildman–Crippen LogP) is 0.883. The Balaban J connectivity index is 2.71. The van der Waals surface area contributed by atoms with E-state index in [1.165, 1.54) is 0 Å². The number of nitrogens with zero attached hydrogens (tertiary/aromatic N) is 2. The van der Waals surface area contributed by atoms with Gasteiger partial charge in [-0.15, -0.1) is 0 Å². The van der Waals surface area contributed by atoms with Gasteiger partial charge in [0.15, 0.2) is 0 Å². The molecule has 1 N–H and O–H groups in total. The Morgan fingerprint density at radius 3 is 2.44 bits per heavy atom. The fourth-order valence-corrected chi connectivity index (χ4v) is 2.47. The second kappa shape index (κ2) is 5.64. The van der Waals surface area contributed by atoms with Gasteiger partial charge in [0.05, 0.1) is 12.2 Å². The van der Waals surface area contributed by atoms with Gasteiger partial charge in [0.25, 0.3) is 0 Å². The topological polar surface area (TPSA) is 35.6 Å². The fourth-order valence-electron chi connectivity index (χ4n) is 2.47. The molecule has 1 fully saturated rings. The van der Waals surface area contributed by atoms with E-state index in [1.807, 2.05) is 19.0 Å². The first-order valence-corrected chi connectivity index (χ1v) is 6.24. The van der Waals surface area contributed by atoms with Crippen LogP contribution in [0, 0.1) is 0 Å². The molecule has 1 aliphatic heterocycles. The molecule has 1 aliphatic rings. The number of carbonyl (C=O) groups is 1. The number of rotatable bonds is 5. The van der Waals surface area contributed by atoms with Crippen molar-refractivity contribution in [2.24, 2.45) is 0 Å². The van der Waals surface area contributed by atoms with Gasteiger partial charge in [-0.05, 0) is 33.9 Å². The van der Waals surface area contributed by atoms with Gasteiger partial charge in [-0.3, -0.25) is 10.1 Å². The average molecular weight is 227 g/mol. The smallest absolute Gasteiger partial charge is 0.241 e. The van der Waals surface area contributed by atoms with E-state index in [4.69, 9.17) is 0 Å². The third kappa shape index (κ3) is 2.74. The molecule has 0 spiro atoms. The third-order valence-corrected chi connectivity index (χ3v) is 3.18. The van der Waals surface area contributed by atoms with E-state index in [0.717, 1.165) is 19.4 Å². The minimum atomic E-state index is 0.0227. The Morgan fingerprint density at radius 2 is 2.00 bits per heavy atom. The van der Waals surface area contributed by atoms with Crippen molar-refractivity contribution in [3.05, 3.63) is 0 Å². The van der Waals surface area contributed by atoms with E-state index in [2.05, 4.69) is 31.0 Å². The Morgan fingerprint density at radius 1 is 1.38 bits per heavy atom. The molecule has 3 unspecified atom stereocenters. The van der Waals surface area contributed by atoms with Crippen LogP contribution in [0.2, 0.25) is 0 Å². The van der Waals surface area contributed by atoms with Crippen LogP contribution in [0.3, 0.4) is 0 Å². The summed E-state index contributed by atoms with van der Waals surface area (Å²) in [7, 11) is 4.09. The molecule has 0 radical (unpaired) electrons. The molecule has 3 atom stereocenters. The predicted molar refractivity (Wildman–Crippen MR) is 66.2 cm³/mol. The molecular weight excluding hydrogens is 202 g/mol. The van der Waals surface area contributed by atoms with Crippen molar-refractivity contribution < 1.29 is 4.79 Å². The largest absolute Gasteiger partial charge is 0.322 e. The van der Waals surface area contributed by atoms with Gasteiger partial charge in [0, 0.05) is 12.6 Å². The third-order valence-electron chi connectivity index (χ3n) is 3.18. The minimum absolute atomic E-state index is 0.0227. The summed E-state index contributed by atoms with van der Waals surface area (Å²) in [5, 5.41) is 3.40. The molecule has 16 heavy (non-hydrogen) atoms. The van der Waals surface area contributed by atoms with Gasteiger partial charge in [0.2, 0.25) is 5.91 Å². The first-order chi connectivity index (χ1) is 7.51. The fraction of sp³-hybridized carbons (Fsp3) is 0.917. The van der Waals surface area contributed by atoms with Crippen molar-refractivity contribution in [2.75, 3.05) is 20.6 Å². The molecule has 0 aromatic rings. The van der Waals surface area contributed by atoms with Gasteiger partial charge < -0.3 is 9.80 Å². The summed E-state index contributed by atoms with van der Waals surface area (Å²) in [5.74, 6) is 0.267. The second-order valence-corrected chi connectivity index (χ2v) is 4.91. The normalized spacial score (nSPS) is 27.9. The van der Waals surface area contributed by atoms with Crippen LogP contribution in [-0.2, 0) is 4.79 Å². The van der Waals surface area contributed by atoms with Gasteiger partial charge in [0.1, 0.15) is 0 Å². The lowest BCUT2D eigenvalue weighted by Gasteiger charge is -2.31. The number of hydrogen-bond acceptors (Lipinski definition) is 3. The van der Waals surface area contributed by atoms with Crippen LogP contribution in [0.4, 0.5) is 0 Å². The van der Waals surface area contributed by atoms with Crippen LogP contribution < -0.4 is 5.32 Å². The SMILES string of the molecule is CCC1NC(CC)N(C(C)CN(C)C)C1=O. The molecule has 0 bridgehead atoms. The molecule has 1 saturated heterocycles. The standard InChI is InChI=1S/C12H25N3O/c1-6-10-12(16)15(11(7-2)13-10)9(3)8-14(4)5/h9-11,13H,6-8H2,1-5H3. The lowest BCUT2D eigenvalue weighted by atomic mass is 10.2. The lowest BCUT2D eigenvalue weighted by Crippen LogP contribution is -2.47. The molecule has 0 saturated carbocycles. The summed E-state index contributed by atoms with van der Waals surface area (Å²) in [6.45, 7) is 7.22. The van der Waals surface area contributed by atoms with E-state index in [-0.39, 0.29) is 24.2 Å². The molecule has 94 valence electrons. The molecule has 1 heterocycles. The molecular formula is C12H25N3O. The first kappa shape index (κ1) is 13.5. The van der Waals surface area contributed by atoms with Crippen molar-refractivity contribution in [1.82, 2.24) is 15.1 Å². The number of nitrogens with one attached hydrogen (secondary N) is 1. The van der Waals surface area contributed by atoms with E-state index in [9.17, 15) is 4.79 Å². The first-order valence-electron chi connectivity index (χ1n) is 6.24. The van der Waals surface area contributed by atoms with Crippen LogP contribution in [0.15, 0.2) is 0 Å². The lowest BCUT2D eigenvalue weighted by molar-refractivity contribution is -0.132. The molecule has 0 aromatic carbocycles. The highest BCUT2D eigenvalue weighted by Crippen LogP contribution is 2.18. The van der Waals surface area contributed by atoms with Crippen LogP contribution >= 0.6 is 0 Å². The number of likely N-dealkylation sites (N-methyl/N-ethyl adjacent to an activating group) is 1. The maximum absolute atomic E-state index is 12.2. The van der Waals surface area contributed by atoms with Crippen molar-refractivity contribution >= 4 is 5.91 Å². The highest BCUT2D eigenvalue weighted by atomic mass is 16.2. The second-order valence-electron chi connectivity index (χ2n) is 4.91.